The predicted octanol–water partition coefficient (Wildman–Crippen LogP) is 1.44. The summed E-state index contributed by atoms with van der Waals surface area (Å²) >= 11 is 0. The lowest BCUT2D eigenvalue weighted by Gasteiger charge is -2.09. The fraction of sp³-hybridized carbons (Fsp3) is 0.308. The van der Waals surface area contributed by atoms with Gasteiger partial charge in [0.25, 0.3) is 0 Å². The van der Waals surface area contributed by atoms with Gasteiger partial charge in [0.15, 0.2) is 5.65 Å². The molecule has 0 fully saturated rings. The minimum atomic E-state index is -0.397. The van der Waals surface area contributed by atoms with E-state index in [-0.39, 0.29) is 0 Å². The van der Waals surface area contributed by atoms with Gasteiger partial charge in [-0.1, -0.05) is 0 Å². The zero-order valence-corrected chi connectivity index (χ0v) is 11.2. The van der Waals surface area contributed by atoms with Crippen LogP contribution in [0.5, 0.6) is 0 Å². The summed E-state index contributed by atoms with van der Waals surface area (Å²) in [4.78, 5) is 18.0. The first-order chi connectivity index (χ1) is 9.13. The topological polar surface area (TPSA) is 59.7 Å². The van der Waals surface area contributed by atoms with Crippen LogP contribution in [0.4, 0.5) is 0 Å². The molecular weight excluding hydrogens is 244 g/mol. The number of carbonyl (C=O) groups excluding carboxylic acids is 1. The molecule has 6 nitrogen and oxygen atoms in total. The number of carbonyl (C=O) groups is 1. The maximum absolute atomic E-state index is 11.9. The molecule has 6 heteroatoms. The Hall–Kier alpha value is -2.37. The number of rotatable bonds is 4. The molecule has 0 spiro atoms. The third kappa shape index (κ3) is 2.73. The standard InChI is InChI=1S/C13H16N4O2/c1-4-19-13(18)10-9-14-12-5-7-15-17(12)11(10)6-8-16(2)3/h5-9H,4H2,1-3H3/b8-6+. The SMILES string of the molecule is CCOC(=O)c1cnc2ccnn2c1/C=C/N(C)C. The fourth-order valence-corrected chi connectivity index (χ4v) is 1.64. The molecule has 2 rings (SSSR count). The van der Waals surface area contributed by atoms with Crippen molar-refractivity contribution in [3.05, 3.63) is 35.9 Å². The van der Waals surface area contributed by atoms with Gasteiger partial charge in [0.1, 0.15) is 5.56 Å². The molecule has 0 atom stereocenters. The Bertz CT molecular complexity index is 616. The van der Waals surface area contributed by atoms with Gasteiger partial charge in [-0.15, -0.1) is 0 Å². The van der Waals surface area contributed by atoms with Gasteiger partial charge < -0.3 is 9.64 Å². The fourth-order valence-electron chi connectivity index (χ4n) is 1.64. The Balaban J connectivity index is 2.55. The molecule has 0 radical (unpaired) electrons. The second-order valence-corrected chi connectivity index (χ2v) is 4.16. The lowest BCUT2D eigenvalue weighted by Crippen LogP contribution is -2.11. The maximum atomic E-state index is 11.9. The molecular formula is C13H16N4O2. The Morgan fingerprint density at radius 2 is 2.32 bits per heavy atom. The minimum absolute atomic E-state index is 0.326. The number of hydrogen-bond donors (Lipinski definition) is 0. The number of aromatic nitrogens is 3. The molecule has 0 unspecified atom stereocenters. The summed E-state index contributed by atoms with van der Waals surface area (Å²) in [5.74, 6) is -0.397. The van der Waals surface area contributed by atoms with Crippen molar-refractivity contribution in [2.24, 2.45) is 0 Å². The van der Waals surface area contributed by atoms with Gasteiger partial charge in [-0.05, 0) is 13.0 Å². The van der Waals surface area contributed by atoms with Gasteiger partial charge in [0, 0.05) is 32.6 Å². The van der Waals surface area contributed by atoms with E-state index in [1.54, 1.807) is 23.7 Å². The van der Waals surface area contributed by atoms with Crippen molar-refractivity contribution in [3.63, 3.8) is 0 Å². The van der Waals surface area contributed by atoms with Gasteiger partial charge in [-0.3, -0.25) is 0 Å². The summed E-state index contributed by atoms with van der Waals surface area (Å²) in [5.41, 5.74) is 1.74. The molecule has 0 aromatic carbocycles. The van der Waals surface area contributed by atoms with Crippen LogP contribution in [0.15, 0.2) is 24.7 Å². The molecule has 2 aromatic heterocycles. The van der Waals surface area contributed by atoms with E-state index in [9.17, 15) is 4.79 Å². The Morgan fingerprint density at radius 1 is 1.53 bits per heavy atom. The molecule has 0 aliphatic carbocycles. The summed E-state index contributed by atoms with van der Waals surface area (Å²) in [7, 11) is 3.81. The van der Waals surface area contributed by atoms with Crippen LogP contribution in [0.1, 0.15) is 23.0 Å². The van der Waals surface area contributed by atoms with Gasteiger partial charge in [-0.25, -0.2) is 14.3 Å². The summed E-state index contributed by atoms with van der Waals surface area (Å²) in [6.45, 7) is 2.10. The van der Waals surface area contributed by atoms with Crippen LogP contribution < -0.4 is 0 Å². The zero-order valence-electron chi connectivity index (χ0n) is 11.2. The largest absolute Gasteiger partial charge is 0.462 e. The number of hydrogen-bond acceptors (Lipinski definition) is 5. The molecule has 2 aromatic rings. The number of fused-ring (bicyclic) bond motifs is 1. The average molecular weight is 260 g/mol. The normalized spacial score (nSPS) is 11.1. The quantitative estimate of drug-likeness (QED) is 0.778. The van der Waals surface area contributed by atoms with Gasteiger partial charge in [0.05, 0.1) is 18.5 Å². The van der Waals surface area contributed by atoms with E-state index in [2.05, 4.69) is 10.1 Å². The van der Waals surface area contributed by atoms with Crippen LogP contribution in [-0.2, 0) is 4.74 Å². The second-order valence-electron chi connectivity index (χ2n) is 4.16. The molecule has 2 heterocycles. The van der Waals surface area contributed by atoms with Crippen molar-refractivity contribution >= 4 is 17.7 Å². The van der Waals surface area contributed by atoms with Gasteiger partial charge in [0.2, 0.25) is 0 Å². The van der Waals surface area contributed by atoms with Crippen LogP contribution in [0.2, 0.25) is 0 Å². The zero-order chi connectivity index (χ0) is 13.8. The van der Waals surface area contributed by atoms with Crippen LogP contribution in [0.3, 0.4) is 0 Å². The van der Waals surface area contributed by atoms with E-state index in [0.717, 1.165) is 0 Å². The molecule has 0 saturated carbocycles. The Morgan fingerprint density at radius 3 is 3.00 bits per heavy atom. The molecule has 19 heavy (non-hydrogen) atoms. The highest BCUT2D eigenvalue weighted by Crippen LogP contribution is 2.13. The predicted molar refractivity (Wildman–Crippen MR) is 71.7 cm³/mol. The first-order valence-corrected chi connectivity index (χ1v) is 5.98. The third-order valence-electron chi connectivity index (χ3n) is 2.48. The van der Waals surface area contributed by atoms with Crippen molar-refractivity contribution < 1.29 is 9.53 Å². The van der Waals surface area contributed by atoms with Crippen molar-refractivity contribution in [1.82, 2.24) is 19.5 Å². The summed E-state index contributed by atoms with van der Waals surface area (Å²) < 4.78 is 6.65. The molecule has 100 valence electrons. The smallest absolute Gasteiger partial charge is 0.341 e. The third-order valence-corrected chi connectivity index (χ3v) is 2.48. The highest BCUT2D eigenvalue weighted by atomic mass is 16.5. The summed E-state index contributed by atoms with van der Waals surface area (Å²) in [6, 6.07) is 1.78. The van der Waals surface area contributed by atoms with E-state index in [1.165, 1.54) is 6.20 Å². The maximum Gasteiger partial charge on any atom is 0.341 e. The monoisotopic (exact) mass is 260 g/mol. The van der Waals surface area contributed by atoms with Crippen molar-refractivity contribution in [2.45, 2.75) is 6.92 Å². The van der Waals surface area contributed by atoms with E-state index >= 15 is 0 Å². The average Bonchev–Trinajstić information content (AvgIpc) is 2.84. The first kappa shape index (κ1) is 13.1. The van der Waals surface area contributed by atoms with Crippen molar-refractivity contribution in [3.8, 4) is 0 Å². The molecule has 0 aliphatic rings. The summed E-state index contributed by atoms with van der Waals surface area (Å²) in [6.07, 6.45) is 6.82. The molecule has 0 bridgehead atoms. The van der Waals surface area contributed by atoms with Crippen LogP contribution in [0.25, 0.3) is 11.7 Å². The number of nitrogens with zero attached hydrogens (tertiary/aromatic N) is 4. The van der Waals surface area contributed by atoms with Gasteiger partial charge in [-0.2, -0.15) is 5.10 Å². The summed E-state index contributed by atoms with van der Waals surface area (Å²) in [5, 5.41) is 4.18. The van der Waals surface area contributed by atoms with Crippen molar-refractivity contribution in [2.75, 3.05) is 20.7 Å². The Kier molecular flexibility index (Phi) is 3.79. The molecule has 0 amide bonds. The first-order valence-electron chi connectivity index (χ1n) is 5.98. The van der Waals surface area contributed by atoms with E-state index in [0.29, 0.717) is 23.5 Å². The highest BCUT2D eigenvalue weighted by molar-refractivity contribution is 5.93. The van der Waals surface area contributed by atoms with E-state index < -0.39 is 5.97 Å². The van der Waals surface area contributed by atoms with Crippen LogP contribution in [-0.4, -0.2) is 46.2 Å². The lowest BCUT2D eigenvalue weighted by atomic mass is 10.2. The molecule has 0 saturated heterocycles. The number of esters is 1. The molecule has 0 aliphatic heterocycles. The lowest BCUT2D eigenvalue weighted by molar-refractivity contribution is 0.0525. The second kappa shape index (κ2) is 5.51. The van der Waals surface area contributed by atoms with Crippen molar-refractivity contribution in [1.29, 1.82) is 0 Å². The van der Waals surface area contributed by atoms with Gasteiger partial charge >= 0.3 is 5.97 Å². The number of ether oxygens (including phenoxy) is 1. The minimum Gasteiger partial charge on any atom is -0.462 e. The van der Waals surface area contributed by atoms with Crippen LogP contribution in [0, 0.1) is 0 Å². The Labute approximate surface area is 111 Å². The molecule has 0 N–H and O–H groups in total. The highest BCUT2D eigenvalue weighted by Gasteiger charge is 2.15. The van der Waals surface area contributed by atoms with E-state index in [4.69, 9.17) is 4.74 Å². The van der Waals surface area contributed by atoms with Crippen LogP contribution >= 0.6 is 0 Å². The van der Waals surface area contributed by atoms with E-state index in [1.807, 2.05) is 31.3 Å².